The van der Waals surface area contributed by atoms with E-state index in [4.69, 9.17) is 0 Å². The van der Waals surface area contributed by atoms with Crippen molar-refractivity contribution in [2.75, 3.05) is 0 Å². The maximum atomic E-state index is 9.93. The molecule has 0 fully saturated rings. The molecule has 0 saturated heterocycles. The summed E-state index contributed by atoms with van der Waals surface area (Å²) in [4.78, 5) is 4.87. The maximum absolute atomic E-state index is 9.93. The molecule has 0 aliphatic rings. The first-order chi connectivity index (χ1) is 14.3. The quantitative estimate of drug-likeness (QED) is 0.170. The van der Waals surface area contributed by atoms with E-state index in [2.05, 4.69) is 90.4 Å². The fourth-order valence-electron chi connectivity index (χ4n) is 3.18. The van der Waals surface area contributed by atoms with Gasteiger partial charge in [-0.2, -0.15) is 0 Å². The predicted molar refractivity (Wildman–Crippen MR) is 171 cm³/mol. The molecule has 0 aliphatic heterocycles. The minimum absolute atomic E-state index is 0.375. The van der Waals surface area contributed by atoms with Gasteiger partial charge in [-0.1, -0.05) is 22.7 Å². The fourth-order valence-corrected chi connectivity index (χ4v) is 16.4. The van der Waals surface area contributed by atoms with Crippen molar-refractivity contribution in [3.05, 3.63) is 26.4 Å². The van der Waals surface area contributed by atoms with Crippen LogP contribution < -0.4 is 0 Å². The van der Waals surface area contributed by atoms with Crippen molar-refractivity contribution >= 4 is 187 Å². The van der Waals surface area contributed by atoms with Crippen molar-refractivity contribution in [2.45, 2.75) is 0 Å². The third-order valence-electron chi connectivity index (χ3n) is 4.40. The molecule has 6 aromatic rings. The lowest BCUT2D eigenvalue weighted by molar-refractivity contribution is 0.490. The lowest BCUT2D eigenvalue weighted by Crippen LogP contribution is -1.72. The average Bonchev–Trinajstić information content (AvgIpc) is 3.47. The van der Waals surface area contributed by atoms with E-state index < -0.39 is 0 Å². The molecule has 0 spiro atoms. The number of hydrogen-bond acceptors (Lipinski definition) is 8. The van der Waals surface area contributed by atoms with Crippen LogP contribution in [0.5, 0.6) is 10.1 Å². The van der Waals surface area contributed by atoms with Gasteiger partial charge in [0.15, 0.2) is 10.1 Å². The van der Waals surface area contributed by atoms with Gasteiger partial charge in [0, 0.05) is 19.3 Å². The number of aromatic hydroxyl groups is 2. The van der Waals surface area contributed by atoms with Gasteiger partial charge < -0.3 is 10.2 Å². The zero-order chi connectivity index (χ0) is 20.9. The Morgan fingerprint density at radius 1 is 0.467 bits per heavy atom. The highest BCUT2D eigenvalue weighted by Crippen LogP contribution is 2.57. The van der Waals surface area contributed by atoms with E-state index in [0.29, 0.717) is 10.1 Å². The Labute approximate surface area is 248 Å². The van der Waals surface area contributed by atoms with Crippen LogP contribution in [0.2, 0.25) is 0 Å². The highest BCUT2D eigenvalue weighted by atomic mass is 127. The van der Waals surface area contributed by atoms with Crippen molar-refractivity contribution in [1.29, 1.82) is 0 Å². The molecule has 30 heavy (non-hydrogen) atoms. The van der Waals surface area contributed by atoms with Crippen LogP contribution in [0.3, 0.4) is 0 Å². The van der Waals surface area contributed by atoms with Crippen LogP contribution in [0.15, 0.2) is 12.1 Å². The van der Waals surface area contributed by atoms with Gasteiger partial charge in [0.05, 0.1) is 54.8 Å². The number of fused-ring (bicyclic) bond motifs is 5. The zero-order valence-corrected chi connectivity index (χ0v) is 27.5. The Morgan fingerprint density at radius 2 is 0.833 bits per heavy atom. The summed E-state index contributed by atoms with van der Waals surface area (Å²) in [6.07, 6.45) is 0. The predicted octanol–water partition coefficient (Wildman–Crippen LogP) is 10.7. The van der Waals surface area contributed by atoms with Gasteiger partial charge in [0.2, 0.25) is 0 Å². The molecule has 0 unspecified atom stereocenters. The Balaban J connectivity index is 1.60. The van der Waals surface area contributed by atoms with Crippen LogP contribution in [0.4, 0.5) is 0 Å². The molecule has 0 atom stereocenters. The summed E-state index contributed by atoms with van der Waals surface area (Å²) in [6, 6.07) is 3.68. The minimum Gasteiger partial charge on any atom is -0.499 e. The Morgan fingerprint density at radius 3 is 1.17 bits per heavy atom. The van der Waals surface area contributed by atoms with Crippen LogP contribution in [0, 0.1) is 14.3 Å². The summed E-state index contributed by atoms with van der Waals surface area (Å²) in [7, 11) is 0. The monoisotopic (exact) mass is 951 g/mol. The molecule has 6 aromatic heterocycles. The Bertz CT molecular complexity index is 1500. The van der Waals surface area contributed by atoms with Crippen LogP contribution in [-0.2, 0) is 0 Å². The van der Waals surface area contributed by atoms with Gasteiger partial charge in [-0.25, -0.2) is 0 Å². The lowest BCUT2D eigenvalue weighted by atomic mass is 10.3. The second-order valence-corrected chi connectivity index (χ2v) is 16.8. The molecule has 0 bridgehead atoms. The van der Waals surface area contributed by atoms with E-state index in [9.17, 15) is 10.2 Å². The standard InChI is InChI=1S/C18H4I4O2S6/c19-3-1-5(23)25-9(3)11-7(21)13-15(27-11)17-18(29-13)16-14(30-17)8(22)12(28-16)10-4(20)2-6(24)26-10/h1-2,23-24H. The second kappa shape index (κ2) is 8.03. The van der Waals surface area contributed by atoms with Gasteiger partial charge in [-0.05, 0) is 90.4 Å². The molecule has 6 heterocycles. The average molecular weight is 952 g/mol. The van der Waals surface area contributed by atoms with E-state index in [1.54, 1.807) is 0 Å². The van der Waals surface area contributed by atoms with Gasteiger partial charge in [0.25, 0.3) is 0 Å². The molecular weight excluding hydrogens is 948 g/mol. The summed E-state index contributed by atoms with van der Waals surface area (Å²) < 4.78 is 13.0. The summed E-state index contributed by atoms with van der Waals surface area (Å²) in [5, 5.41) is 20.6. The van der Waals surface area contributed by atoms with E-state index in [0.717, 1.165) is 7.14 Å². The first kappa shape index (κ1) is 22.0. The molecule has 12 heteroatoms. The number of thiophene rings is 6. The van der Waals surface area contributed by atoms with Gasteiger partial charge >= 0.3 is 0 Å². The van der Waals surface area contributed by atoms with Crippen molar-refractivity contribution in [2.24, 2.45) is 0 Å². The summed E-state index contributed by atoms with van der Waals surface area (Å²) >= 11 is 20.0. The SMILES string of the molecule is Oc1cc(I)c(-c2sc3c(sc4c5sc(-c6sc(O)cc6I)c(I)c5sc34)c2I)s1. The van der Waals surface area contributed by atoms with Crippen molar-refractivity contribution in [3.63, 3.8) is 0 Å². The van der Waals surface area contributed by atoms with Crippen molar-refractivity contribution < 1.29 is 10.2 Å². The van der Waals surface area contributed by atoms with Gasteiger partial charge in [0.1, 0.15) is 0 Å². The maximum Gasteiger partial charge on any atom is 0.172 e. The Hall–Kier alpha value is 1.50. The number of hydrogen-bond donors (Lipinski definition) is 2. The second-order valence-electron chi connectivity index (χ2n) is 6.19. The summed E-state index contributed by atoms with van der Waals surface area (Å²) in [5.74, 6) is 0. The largest absolute Gasteiger partial charge is 0.499 e. The van der Waals surface area contributed by atoms with E-state index >= 15 is 0 Å². The molecule has 0 aliphatic carbocycles. The highest BCUT2D eigenvalue weighted by molar-refractivity contribution is 14.1. The third-order valence-corrected chi connectivity index (χ3v) is 18.2. The molecule has 152 valence electrons. The van der Waals surface area contributed by atoms with Crippen molar-refractivity contribution in [3.8, 4) is 29.6 Å². The molecular formula is C18H4I4O2S6. The molecule has 2 N–H and O–H groups in total. The van der Waals surface area contributed by atoms with Gasteiger partial charge in [-0.3, -0.25) is 0 Å². The number of rotatable bonds is 2. The lowest BCUT2D eigenvalue weighted by Gasteiger charge is -1.95. The molecule has 0 saturated carbocycles. The van der Waals surface area contributed by atoms with E-state index in [1.807, 2.05) is 57.5 Å². The molecule has 0 radical (unpaired) electrons. The van der Waals surface area contributed by atoms with E-state index in [-0.39, 0.29) is 0 Å². The molecule has 6 rings (SSSR count). The van der Waals surface area contributed by atoms with Crippen LogP contribution in [0.25, 0.3) is 47.7 Å². The highest BCUT2D eigenvalue weighted by Gasteiger charge is 2.25. The van der Waals surface area contributed by atoms with Crippen LogP contribution in [-0.4, -0.2) is 10.2 Å². The number of halogens is 4. The normalized spacial score (nSPS) is 12.3. The Kier molecular flexibility index (Phi) is 5.89. The van der Waals surface area contributed by atoms with E-state index in [1.165, 1.54) is 77.5 Å². The third kappa shape index (κ3) is 3.28. The topological polar surface area (TPSA) is 40.5 Å². The minimum atomic E-state index is 0.375. The zero-order valence-electron chi connectivity index (χ0n) is 14.0. The first-order valence-electron chi connectivity index (χ1n) is 8.06. The smallest absolute Gasteiger partial charge is 0.172 e. The first-order valence-corrected chi connectivity index (χ1v) is 17.3. The molecule has 0 aromatic carbocycles. The van der Waals surface area contributed by atoms with Crippen LogP contribution >= 0.6 is 158 Å². The van der Waals surface area contributed by atoms with Crippen molar-refractivity contribution in [1.82, 2.24) is 0 Å². The summed E-state index contributed by atoms with van der Waals surface area (Å²) in [6.45, 7) is 0. The summed E-state index contributed by atoms with van der Waals surface area (Å²) in [5.41, 5.74) is 0. The van der Waals surface area contributed by atoms with Crippen LogP contribution in [0.1, 0.15) is 0 Å². The molecule has 0 amide bonds. The molecule has 2 nitrogen and oxygen atoms in total. The van der Waals surface area contributed by atoms with Gasteiger partial charge in [-0.15, -0.1) is 45.3 Å². The fraction of sp³-hybridized carbons (Fsp3) is 0.